The van der Waals surface area contributed by atoms with Crippen molar-refractivity contribution in [1.82, 2.24) is 4.98 Å². The summed E-state index contributed by atoms with van der Waals surface area (Å²) in [4.78, 5) is 14.3. The number of pyridine rings is 1. The van der Waals surface area contributed by atoms with Crippen molar-refractivity contribution in [2.24, 2.45) is 0 Å². The molecule has 0 spiro atoms. The molecule has 0 saturated heterocycles. The molecule has 0 saturated carbocycles. The zero-order chi connectivity index (χ0) is 9.80. The number of carbonyl (C=O) groups is 1. The molecule has 0 aliphatic heterocycles. The second kappa shape index (κ2) is 3.87. The fraction of sp³-hybridized carbons (Fsp3) is 0.0909. The van der Waals surface area contributed by atoms with E-state index >= 15 is 0 Å². The van der Waals surface area contributed by atoms with Crippen LogP contribution < -0.4 is 0 Å². The van der Waals surface area contributed by atoms with Crippen molar-refractivity contribution >= 4 is 17.4 Å². The van der Waals surface area contributed by atoms with E-state index in [2.05, 4.69) is 4.98 Å². The highest BCUT2D eigenvalue weighted by atomic mass is 16.5. The molecule has 1 heterocycles. The van der Waals surface area contributed by atoms with Gasteiger partial charge in [-0.1, -0.05) is 18.2 Å². The highest BCUT2D eigenvalue weighted by molar-refractivity contribution is 5.81. The summed E-state index contributed by atoms with van der Waals surface area (Å²) in [5.41, 5.74) is 1.89. The summed E-state index contributed by atoms with van der Waals surface area (Å²) in [6.07, 6.45) is 1.71. The van der Waals surface area contributed by atoms with E-state index in [0.29, 0.717) is 13.1 Å². The van der Waals surface area contributed by atoms with Crippen LogP contribution in [0.1, 0.15) is 5.56 Å². The maximum Gasteiger partial charge on any atom is 0.293 e. The summed E-state index contributed by atoms with van der Waals surface area (Å²) in [5.74, 6) is 0. The molecule has 0 amide bonds. The highest BCUT2D eigenvalue weighted by Crippen LogP contribution is 2.16. The number of carbonyl (C=O) groups excluding carboxylic acids is 1. The van der Waals surface area contributed by atoms with Crippen LogP contribution in [0, 0.1) is 0 Å². The average Bonchev–Trinajstić information content (AvgIpc) is 2.26. The van der Waals surface area contributed by atoms with E-state index in [-0.39, 0.29) is 0 Å². The van der Waals surface area contributed by atoms with Gasteiger partial charge >= 0.3 is 0 Å². The maximum absolute atomic E-state index is 10.1. The van der Waals surface area contributed by atoms with E-state index in [4.69, 9.17) is 4.74 Å². The SMILES string of the molecule is O=COCc1ccnc2ccccc12. The predicted octanol–water partition coefficient (Wildman–Crippen LogP) is 1.91. The Morgan fingerprint density at radius 1 is 1.29 bits per heavy atom. The molecular formula is C11H9NO2. The van der Waals surface area contributed by atoms with Crippen LogP contribution in [0.5, 0.6) is 0 Å². The van der Waals surface area contributed by atoms with Crippen LogP contribution in [0.15, 0.2) is 36.5 Å². The number of ether oxygens (including phenoxy) is 1. The molecule has 0 fully saturated rings. The lowest BCUT2D eigenvalue weighted by Gasteiger charge is -2.03. The van der Waals surface area contributed by atoms with Gasteiger partial charge in [0.2, 0.25) is 0 Å². The van der Waals surface area contributed by atoms with Gasteiger partial charge in [-0.05, 0) is 12.1 Å². The van der Waals surface area contributed by atoms with Crippen LogP contribution in [-0.4, -0.2) is 11.5 Å². The first-order chi connectivity index (χ1) is 6.92. The maximum atomic E-state index is 10.1. The number of rotatable bonds is 3. The quantitative estimate of drug-likeness (QED) is 0.689. The molecule has 0 radical (unpaired) electrons. The lowest BCUT2D eigenvalue weighted by atomic mass is 10.1. The van der Waals surface area contributed by atoms with Crippen molar-refractivity contribution in [3.8, 4) is 0 Å². The van der Waals surface area contributed by atoms with Gasteiger partial charge in [-0.15, -0.1) is 0 Å². The molecule has 1 aromatic heterocycles. The van der Waals surface area contributed by atoms with Crippen LogP contribution in [0.25, 0.3) is 10.9 Å². The summed E-state index contributed by atoms with van der Waals surface area (Å²) in [7, 11) is 0. The van der Waals surface area contributed by atoms with Crippen LogP contribution >= 0.6 is 0 Å². The summed E-state index contributed by atoms with van der Waals surface area (Å²) in [6, 6.07) is 9.62. The molecule has 14 heavy (non-hydrogen) atoms. The molecule has 70 valence electrons. The number of fused-ring (bicyclic) bond motifs is 1. The van der Waals surface area contributed by atoms with Crippen molar-refractivity contribution in [2.75, 3.05) is 0 Å². The van der Waals surface area contributed by atoms with Gasteiger partial charge in [-0.3, -0.25) is 9.78 Å². The third-order valence-electron chi connectivity index (χ3n) is 2.05. The standard InChI is InChI=1S/C11H9NO2/c13-8-14-7-9-5-6-12-11-4-2-1-3-10(9)11/h1-6,8H,7H2. The van der Waals surface area contributed by atoms with E-state index in [9.17, 15) is 4.79 Å². The molecule has 1 aromatic carbocycles. The number of benzene rings is 1. The smallest absolute Gasteiger partial charge is 0.293 e. The Morgan fingerprint density at radius 2 is 2.14 bits per heavy atom. The van der Waals surface area contributed by atoms with Gasteiger partial charge in [-0.25, -0.2) is 0 Å². The lowest BCUT2D eigenvalue weighted by molar-refractivity contribution is -0.129. The van der Waals surface area contributed by atoms with Gasteiger partial charge in [-0.2, -0.15) is 0 Å². The topological polar surface area (TPSA) is 39.2 Å². The Balaban J connectivity index is 2.48. The Morgan fingerprint density at radius 3 is 3.00 bits per heavy atom. The summed E-state index contributed by atoms with van der Waals surface area (Å²) < 4.78 is 4.72. The molecule has 0 aliphatic carbocycles. The molecule has 2 aromatic rings. The van der Waals surface area contributed by atoms with Gasteiger partial charge in [0.1, 0.15) is 6.61 Å². The number of nitrogens with zero attached hydrogens (tertiary/aromatic N) is 1. The summed E-state index contributed by atoms with van der Waals surface area (Å²) in [6.45, 7) is 0.752. The zero-order valence-corrected chi connectivity index (χ0v) is 7.51. The first-order valence-electron chi connectivity index (χ1n) is 4.29. The van der Waals surface area contributed by atoms with E-state index in [0.717, 1.165) is 16.5 Å². The Bertz CT molecular complexity index is 448. The first kappa shape index (κ1) is 8.69. The normalized spacial score (nSPS) is 10.0. The molecule has 0 bridgehead atoms. The number of hydrogen-bond donors (Lipinski definition) is 0. The van der Waals surface area contributed by atoms with Gasteiger partial charge in [0.05, 0.1) is 5.52 Å². The summed E-state index contributed by atoms with van der Waals surface area (Å²) >= 11 is 0. The van der Waals surface area contributed by atoms with Gasteiger partial charge in [0.25, 0.3) is 6.47 Å². The monoisotopic (exact) mass is 187 g/mol. The average molecular weight is 187 g/mol. The molecule has 2 rings (SSSR count). The molecule has 3 heteroatoms. The van der Waals surface area contributed by atoms with Crippen molar-refractivity contribution in [1.29, 1.82) is 0 Å². The molecule has 0 N–H and O–H groups in total. The fourth-order valence-corrected chi connectivity index (χ4v) is 1.40. The predicted molar refractivity (Wildman–Crippen MR) is 52.6 cm³/mol. The Labute approximate surface area is 81.3 Å². The lowest BCUT2D eigenvalue weighted by Crippen LogP contribution is -1.92. The highest BCUT2D eigenvalue weighted by Gasteiger charge is 2.00. The van der Waals surface area contributed by atoms with Crippen LogP contribution in [-0.2, 0) is 16.1 Å². The Kier molecular flexibility index (Phi) is 2.40. The van der Waals surface area contributed by atoms with E-state index in [1.165, 1.54) is 0 Å². The van der Waals surface area contributed by atoms with Crippen molar-refractivity contribution in [3.05, 3.63) is 42.1 Å². The van der Waals surface area contributed by atoms with Crippen LogP contribution in [0.2, 0.25) is 0 Å². The fourth-order valence-electron chi connectivity index (χ4n) is 1.40. The van der Waals surface area contributed by atoms with Gasteiger partial charge < -0.3 is 4.74 Å². The number of aromatic nitrogens is 1. The number of para-hydroxylation sites is 1. The second-order valence-electron chi connectivity index (χ2n) is 2.89. The van der Waals surface area contributed by atoms with Crippen LogP contribution in [0.4, 0.5) is 0 Å². The van der Waals surface area contributed by atoms with E-state index < -0.39 is 0 Å². The van der Waals surface area contributed by atoms with Gasteiger partial charge in [0.15, 0.2) is 0 Å². The molecule has 0 aliphatic rings. The molecule has 0 atom stereocenters. The molecule has 3 nitrogen and oxygen atoms in total. The van der Waals surface area contributed by atoms with E-state index in [1.807, 2.05) is 30.3 Å². The van der Waals surface area contributed by atoms with E-state index in [1.54, 1.807) is 6.20 Å². The third-order valence-corrected chi connectivity index (χ3v) is 2.05. The minimum atomic E-state index is 0.298. The largest absolute Gasteiger partial charge is 0.463 e. The zero-order valence-electron chi connectivity index (χ0n) is 7.51. The van der Waals surface area contributed by atoms with Crippen molar-refractivity contribution < 1.29 is 9.53 Å². The first-order valence-corrected chi connectivity index (χ1v) is 4.29. The van der Waals surface area contributed by atoms with Crippen molar-refractivity contribution in [3.63, 3.8) is 0 Å². The molecular weight excluding hydrogens is 178 g/mol. The summed E-state index contributed by atoms with van der Waals surface area (Å²) in [5, 5.41) is 1.02. The minimum absolute atomic E-state index is 0.298. The van der Waals surface area contributed by atoms with Gasteiger partial charge in [0, 0.05) is 17.1 Å². The minimum Gasteiger partial charge on any atom is -0.463 e. The second-order valence-corrected chi connectivity index (χ2v) is 2.89. The molecule has 0 unspecified atom stereocenters. The Hall–Kier alpha value is -1.90. The van der Waals surface area contributed by atoms with Crippen LogP contribution in [0.3, 0.4) is 0 Å². The number of hydrogen-bond acceptors (Lipinski definition) is 3. The van der Waals surface area contributed by atoms with Crippen molar-refractivity contribution in [2.45, 2.75) is 6.61 Å². The third kappa shape index (κ3) is 1.57.